The van der Waals surface area contributed by atoms with Gasteiger partial charge in [0.2, 0.25) is 0 Å². The van der Waals surface area contributed by atoms with Crippen LogP contribution in [0.5, 0.6) is 11.5 Å². The van der Waals surface area contributed by atoms with Crippen molar-refractivity contribution in [3.8, 4) is 22.8 Å². The molecule has 0 unspecified atom stereocenters. The van der Waals surface area contributed by atoms with Crippen molar-refractivity contribution in [2.45, 2.75) is 34.2 Å². The zero-order valence-corrected chi connectivity index (χ0v) is 20.5. The SMILES string of the molecule is CCN(Cc1ccc(OC)c(OC)c1)C(=O)c1cc(-c2cc(C)sc2C)nc2onc(C)c12. The van der Waals surface area contributed by atoms with Crippen molar-refractivity contribution in [3.05, 3.63) is 56.9 Å². The van der Waals surface area contributed by atoms with Crippen molar-refractivity contribution >= 4 is 28.3 Å². The lowest BCUT2D eigenvalue weighted by Crippen LogP contribution is -2.30. The van der Waals surface area contributed by atoms with Crippen molar-refractivity contribution in [2.24, 2.45) is 0 Å². The first-order valence-electron chi connectivity index (χ1n) is 10.7. The quantitative estimate of drug-likeness (QED) is 0.356. The van der Waals surface area contributed by atoms with Crippen LogP contribution in [-0.4, -0.2) is 41.7 Å². The number of hydrogen-bond acceptors (Lipinski definition) is 7. The Labute approximate surface area is 196 Å². The molecule has 0 radical (unpaired) electrons. The summed E-state index contributed by atoms with van der Waals surface area (Å²) in [7, 11) is 3.20. The zero-order chi connectivity index (χ0) is 23.7. The van der Waals surface area contributed by atoms with Gasteiger partial charge in [-0.1, -0.05) is 11.2 Å². The molecule has 0 N–H and O–H groups in total. The summed E-state index contributed by atoms with van der Waals surface area (Å²) >= 11 is 1.70. The number of aryl methyl sites for hydroxylation is 3. The number of thiophene rings is 1. The molecule has 0 aliphatic rings. The number of pyridine rings is 1. The molecule has 3 aromatic heterocycles. The Morgan fingerprint density at radius 1 is 1.09 bits per heavy atom. The van der Waals surface area contributed by atoms with Gasteiger partial charge in [-0.2, -0.15) is 0 Å². The van der Waals surface area contributed by atoms with Crippen LogP contribution >= 0.6 is 11.3 Å². The van der Waals surface area contributed by atoms with E-state index in [4.69, 9.17) is 14.0 Å². The molecule has 33 heavy (non-hydrogen) atoms. The molecule has 3 heterocycles. The third-order valence-electron chi connectivity index (χ3n) is 5.65. The predicted octanol–water partition coefficient (Wildman–Crippen LogP) is 5.56. The molecule has 172 valence electrons. The Kier molecular flexibility index (Phi) is 6.37. The molecule has 0 aliphatic carbocycles. The maximum Gasteiger partial charge on any atom is 0.259 e. The summed E-state index contributed by atoms with van der Waals surface area (Å²) in [6.45, 7) is 8.87. The number of ether oxygens (including phenoxy) is 2. The van der Waals surface area contributed by atoms with E-state index < -0.39 is 0 Å². The van der Waals surface area contributed by atoms with E-state index in [1.807, 2.05) is 38.1 Å². The van der Waals surface area contributed by atoms with E-state index in [1.165, 1.54) is 4.88 Å². The standard InChI is InChI=1S/C25H27N3O4S/c1-7-28(13-17-8-9-21(30-5)22(11-17)31-6)25(29)19-12-20(18-10-14(2)33-16(18)4)26-24-23(19)15(3)27-32-24/h8-12H,7,13H2,1-6H3. The van der Waals surface area contributed by atoms with Gasteiger partial charge in [0.1, 0.15) is 0 Å². The Morgan fingerprint density at radius 3 is 2.48 bits per heavy atom. The zero-order valence-electron chi connectivity index (χ0n) is 19.7. The van der Waals surface area contributed by atoms with Crippen LogP contribution < -0.4 is 9.47 Å². The van der Waals surface area contributed by atoms with Gasteiger partial charge in [-0.05, 0) is 57.5 Å². The van der Waals surface area contributed by atoms with Crippen LogP contribution in [0.25, 0.3) is 22.4 Å². The first-order chi connectivity index (χ1) is 15.9. The number of carbonyl (C=O) groups excluding carboxylic acids is 1. The Balaban J connectivity index is 1.76. The summed E-state index contributed by atoms with van der Waals surface area (Å²) in [6, 6.07) is 9.63. The topological polar surface area (TPSA) is 77.7 Å². The van der Waals surface area contributed by atoms with E-state index in [0.717, 1.165) is 16.0 Å². The number of amides is 1. The fraction of sp³-hybridized carbons (Fsp3) is 0.320. The highest BCUT2D eigenvalue weighted by molar-refractivity contribution is 7.12. The molecule has 0 fully saturated rings. The molecule has 7 nitrogen and oxygen atoms in total. The molecular weight excluding hydrogens is 438 g/mol. The second-order valence-electron chi connectivity index (χ2n) is 7.84. The average Bonchev–Trinajstić information content (AvgIpc) is 3.36. The molecule has 4 aromatic rings. The van der Waals surface area contributed by atoms with E-state index in [9.17, 15) is 4.79 Å². The lowest BCUT2D eigenvalue weighted by atomic mass is 10.0. The number of carbonyl (C=O) groups is 1. The molecule has 8 heteroatoms. The summed E-state index contributed by atoms with van der Waals surface area (Å²) in [4.78, 5) is 22.6. The van der Waals surface area contributed by atoms with Crippen molar-refractivity contribution in [1.82, 2.24) is 15.0 Å². The Bertz CT molecular complexity index is 1320. The van der Waals surface area contributed by atoms with Crippen LogP contribution in [0, 0.1) is 20.8 Å². The molecule has 0 saturated carbocycles. The largest absolute Gasteiger partial charge is 0.493 e. The molecule has 1 aromatic carbocycles. The molecule has 4 rings (SSSR count). The van der Waals surface area contributed by atoms with E-state index in [2.05, 4.69) is 30.1 Å². The van der Waals surface area contributed by atoms with E-state index in [-0.39, 0.29) is 5.91 Å². The number of nitrogens with zero attached hydrogens (tertiary/aromatic N) is 3. The summed E-state index contributed by atoms with van der Waals surface area (Å²) in [5.41, 5.74) is 4.22. The van der Waals surface area contributed by atoms with Gasteiger partial charge in [0.15, 0.2) is 11.5 Å². The Hall–Kier alpha value is -3.39. The Morgan fingerprint density at radius 2 is 1.85 bits per heavy atom. The fourth-order valence-electron chi connectivity index (χ4n) is 3.98. The minimum Gasteiger partial charge on any atom is -0.493 e. The van der Waals surface area contributed by atoms with Gasteiger partial charge in [-0.25, -0.2) is 4.98 Å². The van der Waals surface area contributed by atoms with Crippen LogP contribution in [0.2, 0.25) is 0 Å². The molecule has 1 amide bonds. The third kappa shape index (κ3) is 4.30. The van der Waals surface area contributed by atoms with Crippen molar-refractivity contribution < 1.29 is 18.8 Å². The van der Waals surface area contributed by atoms with Crippen LogP contribution in [0.1, 0.15) is 38.3 Å². The fourth-order valence-corrected chi connectivity index (χ4v) is 4.92. The molecule has 0 atom stereocenters. The lowest BCUT2D eigenvalue weighted by molar-refractivity contribution is 0.0754. The summed E-state index contributed by atoms with van der Waals surface area (Å²) < 4.78 is 16.2. The predicted molar refractivity (Wildman–Crippen MR) is 129 cm³/mol. The van der Waals surface area contributed by atoms with Crippen LogP contribution in [0.15, 0.2) is 34.9 Å². The number of benzene rings is 1. The molecule has 0 bridgehead atoms. The average molecular weight is 466 g/mol. The number of methoxy groups -OCH3 is 2. The molecule has 0 aliphatic heterocycles. The normalized spacial score (nSPS) is 11.1. The van der Waals surface area contributed by atoms with Gasteiger partial charge < -0.3 is 18.9 Å². The van der Waals surface area contributed by atoms with E-state index in [1.54, 1.807) is 30.5 Å². The van der Waals surface area contributed by atoms with Crippen LogP contribution in [-0.2, 0) is 6.54 Å². The maximum absolute atomic E-state index is 13.8. The molecule has 0 spiro atoms. The minimum absolute atomic E-state index is 0.100. The maximum atomic E-state index is 13.8. The van der Waals surface area contributed by atoms with E-state index >= 15 is 0 Å². The van der Waals surface area contributed by atoms with Gasteiger partial charge >= 0.3 is 0 Å². The van der Waals surface area contributed by atoms with Gasteiger partial charge in [0, 0.05) is 28.4 Å². The van der Waals surface area contributed by atoms with Crippen LogP contribution in [0.4, 0.5) is 0 Å². The van der Waals surface area contributed by atoms with Gasteiger partial charge in [-0.3, -0.25) is 4.79 Å². The monoisotopic (exact) mass is 465 g/mol. The molecule has 0 saturated heterocycles. The smallest absolute Gasteiger partial charge is 0.259 e. The number of hydrogen-bond donors (Lipinski definition) is 0. The molecular formula is C25H27N3O4S. The first-order valence-corrected chi connectivity index (χ1v) is 11.5. The number of aromatic nitrogens is 2. The number of fused-ring (bicyclic) bond motifs is 1. The van der Waals surface area contributed by atoms with Crippen LogP contribution in [0.3, 0.4) is 0 Å². The van der Waals surface area contributed by atoms with Gasteiger partial charge in [-0.15, -0.1) is 11.3 Å². The van der Waals surface area contributed by atoms with Crippen molar-refractivity contribution in [1.29, 1.82) is 0 Å². The second-order valence-corrected chi connectivity index (χ2v) is 9.30. The highest BCUT2D eigenvalue weighted by Crippen LogP contribution is 2.34. The van der Waals surface area contributed by atoms with Gasteiger partial charge in [0.05, 0.1) is 36.6 Å². The highest BCUT2D eigenvalue weighted by Gasteiger charge is 2.24. The lowest BCUT2D eigenvalue weighted by Gasteiger charge is -2.22. The third-order valence-corrected chi connectivity index (χ3v) is 6.62. The van der Waals surface area contributed by atoms with E-state index in [0.29, 0.717) is 52.6 Å². The second kappa shape index (κ2) is 9.23. The summed E-state index contributed by atoms with van der Waals surface area (Å²) in [6.07, 6.45) is 0. The van der Waals surface area contributed by atoms with Crippen molar-refractivity contribution in [3.63, 3.8) is 0 Å². The van der Waals surface area contributed by atoms with Gasteiger partial charge in [0.25, 0.3) is 11.6 Å². The first kappa shape index (κ1) is 22.8. The summed E-state index contributed by atoms with van der Waals surface area (Å²) in [5, 5.41) is 4.73. The highest BCUT2D eigenvalue weighted by atomic mass is 32.1. The van der Waals surface area contributed by atoms with Crippen molar-refractivity contribution in [2.75, 3.05) is 20.8 Å². The summed E-state index contributed by atoms with van der Waals surface area (Å²) in [5.74, 6) is 1.18. The number of rotatable bonds is 7. The minimum atomic E-state index is -0.100.